The number of nitrogens with zero attached hydrogens (tertiary/aromatic N) is 2. The van der Waals surface area contributed by atoms with Crippen LogP contribution in [0.4, 0.5) is 11.4 Å². The van der Waals surface area contributed by atoms with Crippen LogP contribution in [0, 0.1) is 6.92 Å². The van der Waals surface area contributed by atoms with E-state index in [1.807, 2.05) is 36.4 Å². The van der Waals surface area contributed by atoms with E-state index >= 15 is 0 Å². The van der Waals surface area contributed by atoms with E-state index in [-0.39, 0.29) is 22.9 Å². The Bertz CT molecular complexity index is 2110. The van der Waals surface area contributed by atoms with E-state index in [9.17, 15) is 19.2 Å². The van der Waals surface area contributed by atoms with Crippen LogP contribution in [0.2, 0.25) is 0 Å². The number of hydrogen-bond donors (Lipinski definition) is 3. The largest absolute Gasteiger partial charge is 0.497 e. The van der Waals surface area contributed by atoms with Crippen LogP contribution in [0.1, 0.15) is 28.5 Å². The van der Waals surface area contributed by atoms with Gasteiger partial charge in [0, 0.05) is 28.8 Å². The molecule has 0 aliphatic rings. The number of rotatable bonds is 12. The van der Waals surface area contributed by atoms with Crippen molar-refractivity contribution in [2.75, 3.05) is 24.9 Å². The third-order valence-electron chi connectivity index (χ3n) is 7.84. The number of para-hydroxylation sites is 1. The molecule has 11 nitrogen and oxygen atoms in total. The first-order chi connectivity index (χ1) is 24.1. The van der Waals surface area contributed by atoms with Gasteiger partial charge in [-0.05, 0) is 80.6 Å². The van der Waals surface area contributed by atoms with Gasteiger partial charge < -0.3 is 25.4 Å². The van der Waals surface area contributed by atoms with Crippen LogP contribution < -0.4 is 31.0 Å². The van der Waals surface area contributed by atoms with E-state index in [1.165, 1.54) is 36.7 Å². The van der Waals surface area contributed by atoms with Crippen molar-refractivity contribution < 1.29 is 23.9 Å². The van der Waals surface area contributed by atoms with Crippen LogP contribution in [0.3, 0.4) is 0 Å². The normalized spacial score (nSPS) is 11.7. The molecule has 1 heterocycles. The van der Waals surface area contributed by atoms with Crippen molar-refractivity contribution in [1.82, 2.24) is 14.7 Å². The number of anilines is 2. The van der Waals surface area contributed by atoms with Gasteiger partial charge in [-0.25, -0.2) is 4.68 Å². The molecule has 1 atom stereocenters. The van der Waals surface area contributed by atoms with E-state index < -0.39 is 17.1 Å². The Morgan fingerprint density at radius 3 is 2.22 bits per heavy atom. The summed E-state index contributed by atoms with van der Waals surface area (Å²) in [7, 11) is 4.80. The van der Waals surface area contributed by atoms with Crippen LogP contribution in [0.5, 0.6) is 11.5 Å². The number of methoxy groups -OCH3 is 2. The summed E-state index contributed by atoms with van der Waals surface area (Å²) in [5.74, 6) is -0.390. The smallest absolute Gasteiger partial charge is 0.295 e. The first-order valence-electron chi connectivity index (χ1n) is 15.6. The fourth-order valence-corrected chi connectivity index (χ4v) is 6.02. The number of ether oxygens (including phenoxy) is 2. The predicted octanol–water partition coefficient (Wildman–Crippen LogP) is 6.03. The second-order valence-corrected chi connectivity index (χ2v) is 12.6. The number of amides is 3. The summed E-state index contributed by atoms with van der Waals surface area (Å²) < 4.78 is 14.0. The van der Waals surface area contributed by atoms with Crippen molar-refractivity contribution in [1.29, 1.82) is 0 Å². The number of aromatic nitrogens is 2. The summed E-state index contributed by atoms with van der Waals surface area (Å²) in [4.78, 5) is 54.1. The lowest BCUT2D eigenvalue weighted by Crippen LogP contribution is -2.30. The van der Waals surface area contributed by atoms with Crippen LogP contribution >= 0.6 is 11.8 Å². The maximum absolute atomic E-state index is 13.7. The van der Waals surface area contributed by atoms with Crippen molar-refractivity contribution in [2.24, 2.45) is 7.05 Å². The molecule has 0 bridgehead atoms. The topological polar surface area (TPSA) is 133 Å². The zero-order chi connectivity index (χ0) is 35.8. The van der Waals surface area contributed by atoms with Gasteiger partial charge in [-0.3, -0.25) is 23.9 Å². The second-order valence-electron chi connectivity index (χ2n) is 11.2. The molecule has 0 aliphatic heterocycles. The number of nitrogens with one attached hydrogen (secondary N) is 3. The van der Waals surface area contributed by atoms with Crippen molar-refractivity contribution in [3.63, 3.8) is 0 Å². The molecule has 1 unspecified atom stereocenters. The minimum Gasteiger partial charge on any atom is -0.497 e. The molecule has 50 heavy (non-hydrogen) atoms. The van der Waals surface area contributed by atoms with Crippen molar-refractivity contribution >= 4 is 46.9 Å². The molecule has 0 aliphatic carbocycles. The van der Waals surface area contributed by atoms with Gasteiger partial charge in [0.2, 0.25) is 5.91 Å². The zero-order valence-corrected chi connectivity index (χ0v) is 29.0. The third kappa shape index (κ3) is 8.16. The SMILES string of the molecule is COc1ccc(OC)c(/C=C(/NC(=O)c2ccccc2)C(=O)Nc2cccc(SC(C)C(=O)Nc3c(C)n(C)n(-c4ccccc4)c3=O)c2)c1. The minimum atomic E-state index is -0.591. The average molecular weight is 692 g/mol. The molecule has 256 valence electrons. The molecule has 0 saturated heterocycles. The monoisotopic (exact) mass is 691 g/mol. The van der Waals surface area contributed by atoms with Crippen LogP contribution in [0.15, 0.2) is 119 Å². The maximum Gasteiger partial charge on any atom is 0.295 e. The van der Waals surface area contributed by atoms with Gasteiger partial charge in [0.25, 0.3) is 17.4 Å². The average Bonchev–Trinajstić information content (AvgIpc) is 3.34. The predicted molar refractivity (Wildman–Crippen MR) is 196 cm³/mol. The van der Waals surface area contributed by atoms with E-state index in [4.69, 9.17) is 9.47 Å². The van der Waals surface area contributed by atoms with Gasteiger partial charge in [0.05, 0.1) is 30.9 Å². The lowest BCUT2D eigenvalue weighted by molar-refractivity contribution is -0.115. The minimum absolute atomic E-state index is 0.0319. The fraction of sp³-hybridized carbons (Fsp3) is 0.158. The maximum atomic E-state index is 13.7. The molecule has 0 radical (unpaired) electrons. The molecule has 5 aromatic rings. The lowest BCUT2D eigenvalue weighted by Gasteiger charge is -2.14. The highest BCUT2D eigenvalue weighted by molar-refractivity contribution is 8.00. The molecule has 1 aromatic heterocycles. The summed E-state index contributed by atoms with van der Waals surface area (Å²) >= 11 is 1.27. The number of carbonyl (C=O) groups excluding carboxylic acids is 3. The first kappa shape index (κ1) is 35.3. The molecule has 5 rings (SSSR count). The molecule has 0 fully saturated rings. The van der Waals surface area contributed by atoms with Gasteiger partial charge in [0.1, 0.15) is 22.9 Å². The summed E-state index contributed by atoms with van der Waals surface area (Å²) in [6, 6.07) is 29.9. The lowest BCUT2D eigenvalue weighted by atomic mass is 10.1. The molecule has 12 heteroatoms. The quantitative estimate of drug-likeness (QED) is 0.108. The molecular formula is C38H37N5O6S. The molecule has 3 N–H and O–H groups in total. The van der Waals surface area contributed by atoms with E-state index in [0.717, 1.165) is 0 Å². The van der Waals surface area contributed by atoms with Crippen molar-refractivity contribution in [3.05, 3.63) is 136 Å². The Labute approximate surface area is 293 Å². The Kier molecular flexibility index (Phi) is 11.2. The number of thioether (sulfide) groups is 1. The second kappa shape index (κ2) is 15.9. The van der Waals surface area contributed by atoms with E-state index in [2.05, 4.69) is 16.0 Å². The Balaban J connectivity index is 1.34. The number of carbonyl (C=O) groups is 3. The van der Waals surface area contributed by atoms with E-state index in [0.29, 0.717) is 44.6 Å². The van der Waals surface area contributed by atoms with Gasteiger partial charge in [0.15, 0.2) is 0 Å². The van der Waals surface area contributed by atoms with Crippen molar-refractivity contribution in [2.45, 2.75) is 24.0 Å². The highest BCUT2D eigenvalue weighted by atomic mass is 32.2. The Morgan fingerprint density at radius 2 is 1.54 bits per heavy atom. The van der Waals surface area contributed by atoms with Gasteiger partial charge >= 0.3 is 0 Å². The summed E-state index contributed by atoms with van der Waals surface area (Å²) in [5.41, 5.74) is 2.47. The van der Waals surface area contributed by atoms with E-state index in [1.54, 1.807) is 92.3 Å². The Hall–Kier alpha value is -6.01. The van der Waals surface area contributed by atoms with Gasteiger partial charge in [-0.15, -0.1) is 11.8 Å². The van der Waals surface area contributed by atoms with Gasteiger partial charge in [-0.2, -0.15) is 0 Å². The molecule has 0 saturated carbocycles. The standard InChI is InChI=1S/C38H37N5O6S/c1-24-34(38(47)43(42(24)3)29-16-10-7-11-17-29)41-35(44)25(2)50-31-18-12-15-28(23-31)39-37(46)32(40-36(45)26-13-8-6-9-14-26)22-27-21-30(48-4)19-20-33(27)49-5/h6-23,25H,1-5H3,(H,39,46)(H,40,45)(H,41,44)/b32-22+. The fourth-order valence-electron chi connectivity index (χ4n) is 5.09. The summed E-state index contributed by atoms with van der Waals surface area (Å²) in [6.45, 7) is 3.51. The zero-order valence-electron chi connectivity index (χ0n) is 28.2. The molecular weight excluding hydrogens is 655 g/mol. The Morgan fingerprint density at radius 1 is 0.840 bits per heavy atom. The molecule has 0 spiro atoms. The van der Waals surface area contributed by atoms with Crippen LogP contribution in [-0.4, -0.2) is 46.6 Å². The highest BCUT2D eigenvalue weighted by Crippen LogP contribution is 2.29. The van der Waals surface area contributed by atoms with Crippen LogP contribution in [0.25, 0.3) is 11.8 Å². The van der Waals surface area contributed by atoms with Crippen molar-refractivity contribution in [3.8, 4) is 17.2 Å². The summed E-state index contributed by atoms with van der Waals surface area (Å²) in [6.07, 6.45) is 1.51. The highest BCUT2D eigenvalue weighted by Gasteiger charge is 2.22. The number of benzene rings is 4. The first-order valence-corrected chi connectivity index (χ1v) is 16.5. The molecule has 3 amide bonds. The van der Waals surface area contributed by atoms with Crippen LogP contribution in [-0.2, 0) is 16.6 Å². The van der Waals surface area contributed by atoms with Gasteiger partial charge in [-0.1, -0.05) is 42.5 Å². The third-order valence-corrected chi connectivity index (χ3v) is 8.94. The molecule has 4 aromatic carbocycles. The number of hydrogen-bond acceptors (Lipinski definition) is 7. The summed E-state index contributed by atoms with van der Waals surface area (Å²) in [5, 5.41) is 7.80.